The average Bonchev–Trinajstić information content (AvgIpc) is 2.33. The monoisotopic (exact) mass is 239 g/mol. The van der Waals surface area contributed by atoms with Crippen LogP contribution in [0.3, 0.4) is 0 Å². The average molecular weight is 239 g/mol. The number of nitrogens with one attached hydrogen (secondary N) is 2. The van der Waals surface area contributed by atoms with Gasteiger partial charge in [0.15, 0.2) is 0 Å². The molecular formula is C11H14FN3O2. The number of carbonyl (C=O) groups excluding carboxylic acids is 2. The van der Waals surface area contributed by atoms with Crippen LogP contribution in [0.4, 0.5) is 4.39 Å². The molecule has 0 aliphatic rings. The van der Waals surface area contributed by atoms with Gasteiger partial charge >= 0.3 is 0 Å². The Bertz CT molecular complexity index is 409. The van der Waals surface area contributed by atoms with Crippen molar-refractivity contribution in [3.63, 3.8) is 0 Å². The van der Waals surface area contributed by atoms with Gasteiger partial charge in [0.1, 0.15) is 0 Å². The minimum absolute atomic E-state index is 0.122. The Balaban J connectivity index is 2.42. The molecule has 1 heterocycles. The van der Waals surface area contributed by atoms with E-state index >= 15 is 0 Å². The summed E-state index contributed by atoms with van der Waals surface area (Å²) in [7, 11) is 0. The molecule has 0 radical (unpaired) electrons. The van der Waals surface area contributed by atoms with Crippen LogP contribution in [0.1, 0.15) is 23.7 Å². The van der Waals surface area contributed by atoms with Crippen LogP contribution in [-0.4, -0.2) is 29.9 Å². The molecule has 92 valence electrons. The molecular weight excluding hydrogens is 225 g/mol. The van der Waals surface area contributed by atoms with E-state index in [9.17, 15) is 14.0 Å². The van der Waals surface area contributed by atoms with Crippen molar-refractivity contribution in [2.75, 3.05) is 13.1 Å². The lowest BCUT2D eigenvalue weighted by atomic mass is 10.2. The first-order valence-corrected chi connectivity index (χ1v) is 5.30. The smallest absolute Gasteiger partial charge is 0.251 e. The molecule has 1 aromatic heterocycles. The van der Waals surface area contributed by atoms with Crippen LogP contribution in [0.15, 0.2) is 18.3 Å². The fraction of sp³-hybridized carbons (Fsp3) is 0.364. The number of hydrogen-bond acceptors (Lipinski definition) is 3. The highest BCUT2D eigenvalue weighted by molar-refractivity contribution is 5.96. The van der Waals surface area contributed by atoms with Gasteiger partial charge in [0.05, 0.1) is 6.54 Å². The summed E-state index contributed by atoms with van der Waals surface area (Å²) in [6.07, 6.45) is 2.02. The lowest BCUT2D eigenvalue weighted by Crippen LogP contribution is -2.37. The quantitative estimate of drug-likeness (QED) is 0.734. The molecule has 0 spiro atoms. The molecule has 0 bridgehead atoms. The first-order valence-electron chi connectivity index (χ1n) is 5.30. The lowest BCUT2D eigenvalue weighted by molar-refractivity contribution is -0.120. The van der Waals surface area contributed by atoms with Crippen molar-refractivity contribution < 1.29 is 14.0 Å². The molecule has 2 amide bonds. The molecule has 0 atom stereocenters. The summed E-state index contributed by atoms with van der Waals surface area (Å²) in [4.78, 5) is 26.0. The van der Waals surface area contributed by atoms with Crippen LogP contribution in [0, 0.1) is 5.95 Å². The molecule has 0 aromatic carbocycles. The third-order valence-electron chi connectivity index (χ3n) is 1.97. The van der Waals surface area contributed by atoms with Gasteiger partial charge in [0, 0.05) is 24.4 Å². The van der Waals surface area contributed by atoms with E-state index in [-0.39, 0.29) is 18.0 Å². The van der Waals surface area contributed by atoms with Gasteiger partial charge in [0.25, 0.3) is 5.91 Å². The summed E-state index contributed by atoms with van der Waals surface area (Å²) < 4.78 is 12.7. The summed E-state index contributed by atoms with van der Waals surface area (Å²) in [5.41, 5.74) is 0.140. The fourth-order valence-corrected chi connectivity index (χ4v) is 1.13. The molecule has 17 heavy (non-hydrogen) atoms. The van der Waals surface area contributed by atoms with E-state index in [1.165, 1.54) is 12.3 Å². The molecule has 6 heteroatoms. The van der Waals surface area contributed by atoms with E-state index < -0.39 is 11.9 Å². The largest absolute Gasteiger partial charge is 0.355 e. The zero-order valence-corrected chi connectivity index (χ0v) is 9.50. The number of halogens is 1. The lowest BCUT2D eigenvalue weighted by Gasteiger charge is -2.05. The first kappa shape index (κ1) is 13.1. The number of aromatic nitrogens is 1. The Hall–Kier alpha value is -1.98. The molecule has 0 saturated carbocycles. The third kappa shape index (κ3) is 4.58. The standard InChI is InChI=1S/C11H14FN3O2/c1-2-4-14-10(16)7-15-11(17)8-3-5-13-9(12)6-8/h3,5-6H,2,4,7H2,1H3,(H,14,16)(H,15,17). The Kier molecular flexibility index (Phi) is 5.06. The highest BCUT2D eigenvalue weighted by Gasteiger charge is 2.08. The topological polar surface area (TPSA) is 71.1 Å². The maximum atomic E-state index is 12.7. The van der Waals surface area contributed by atoms with Crippen LogP contribution >= 0.6 is 0 Å². The van der Waals surface area contributed by atoms with Crippen molar-refractivity contribution in [2.45, 2.75) is 13.3 Å². The summed E-state index contributed by atoms with van der Waals surface area (Å²) >= 11 is 0. The zero-order valence-electron chi connectivity index (χ0n) is 9.50. The van der Waals surface area contributed by atoms with Crippen molar-refractivity contribution in [3.8, 4) is 0 Å². The van der Waals surface area contributed by atoms with Crippen molar-refractivity contribution in [1.82, 2.24) is 15.6 Å². The second kappa shape index (κ2) is 6.57. The Morgan fingerprint density at radius 3 is 2.82 bits per heavy atom. The molecule has 0 unspecified atom stereocenters. The summed E-state index contributed by atoms with van der Waals surface area (Å²) in [6.45, 7) is 2.37. The highest BCUT2D eigenvalue weighted by atomic mass is 19.1. The van der Waals surface area contributed by atoms with E-state index in [0.717, 1.165) is 12.5 Å². The zero-order chi connectivity index (χ0) is 12.7. The second-order valence-corrected chi connectivity index (χ2v) is 3.40. The van der Waals surface area contributed by atoms with Crippen molar-refractivity contribution in [1.29, 1.82) is 0 Å². The molecule has 1 aromatic rings. The molecule has 0 aliphatic carbocycles. The van der Waals surface area contributed by atoms with Crippen molar-refractivity contribution in [3.05, 3.63) is 29.8 Å². The maximum absolute atomic E-state index is 12.7. The van der Waals surface area contributed by atoms with E-state index in [1.807, 2.05) is 6.92 Å². The molecule has 0 fully saturated rings. The van der Waals surface area contributed by atoms with Crippen LogP contribution in [0.2, 0.25) is 0 Å². The van der Waals surface area contributed by atoms with Crippen molar-refractivity contribution in [2.24, 2.45) is 0 Å². The third-order valence-corrected chi connectivity index (χ3v) is 1.97. The minimum atomic E-state index is -0.729. The molecule has 5 nitrogen and oxygen atoms in total. The molecule has 2 N–H and O–H groups in total. The van der Waals surface area contributed by atoms with E-state index in [4.69, 9.17) is 0 Å². The minimum Gasteiger partial charge on any atom is -0.355 e. The Labute approximate surface area is 98.4 Å². The van der Waals surface area contributed by atoms with Gasteiger partial charge in [-0.15, -0.1) is 0 Å². The SMILES string of the molecule is CCCNC(=O)CNC(=O)c1ccnc(F)c1. The highest BCUT2D eigenvalue weighted by Crippen LogP contribution is 1.99. The van der Waals surface area contributed by atoms with Gasteiger partial charge in [-0.3, -0.25) is 9.59 Å². The summed E-state index contributed by atoms with van der Waals surface area (Å²) in [5.74, 6) is -1.50. The molecule has 0 aliphatic heterocycles. The second-order valence-electron chi connectivity index (χ2n) is 3.40. The first-order chi connectivity index (χ1) is 8.13. The number of pyridine rings is 1. The number of rotatable bonds is 5. The molecule has 0 saturated heterocycles. The van der Waals surface area contributed by atoms with Gasteiger partial charge in [-0.2, -0.15) is 4.39 Å². The van der Waals surface area contributed by atoms with Gasteiger partial charge in [-0.25, -0.2) is 4.98 Å². The van der Waals surface area contributed by atoms with Crippen LogP contribution < -0.4 is 10.6 Å². The number of hydrogen-bond donors (Lipinski definition) is 2. The molecule has 1 rings (SSSR count). The summed E-state index contributed by atoms with van der Waals surface area (Å²) in [6, 6.07) is 2.39. The Morgan fingerprint density at radius 1 is 1.41 bits per heavy atom. The Morgan fingerprint density at radius 2 is 2.18 bits per heavy atom. The normalized spacial score (nSPS) is 9.76. The number of amides is 2. The van der Waals surface area contributed by atoms with Gasteiger partial charge in [-0.05, 0) is 12.5 Å². The van der Waals surface area contributed by atoms with E-state index in [0.29, 0.717) is 6.54 Å². The predicted molar refractivity (Wildman–Crippen MR) is 59.8 cm³/mol. The van der Waals surface area contributed by atoms with Gasteiger partial charge < -0.3 is 10.6 Å². The van der Waals surface area contributed by atoms with Crippen LogP contribution in [0.25, 0.3) is 0 Å². The predicted octanol–water partition coefficient (Wildman–Crippen LogP) is 0.477. The summed E-state index contributed by atoms with van der Waals surface area (Å²) in [5, 5.41) is 5.00. The van der Waals surface area contributed by atoms with Crippen LogP contribution in [0.5, 0.6) is 0 Å². The van der Waals surface area contributed by atoms with Gasteiger partial charge in [-0.1, -0.05) is 6.92 Å². The number of carbonyl (C=O) groups is 2. The van der Waals surface area contributed by atoms with E-state index in [2.05, 4.69) is 15.6 Å². The maximum Gasteiger partial charge on any atom is 0.251 e. The van der Waals surface area contributed by atoms with E-state index in [1.54, 1.807) is 0 Å². The number of nitrogens with zero attached hydrogens (tertiary/aromatic N) is 1. The van der Waals surface area contributed by atoms with Crippen LogP contribution in [-0.2, 0) is 4.79 Å². The fourth-order valence-electron chi connectivity index (χ4n) is 1.13. The van der Waals surface area contributed by atoms with Gasteiger partial charge in [0.2, 0.25) is 11.9 Å². The van der Waals surface area contributed by atoms with Crippen molar-refractivity contribution >= 4 is 11.8 Å².